The molecule has 1 aliphatic heterocycles. The summed E-state index contributed by atoms with van der Waals surface area (Å²) < 4.78 is 19.3. The second-order valence-electron chi connectivity index (χ2n) is 7.57. The van der Waals surface area contributed by atoms with Gasteiger partial charge in [0.2, 0.25) is 0 Å². The van der Waals surface area contributed by atoms with Gasteiger partial charge in [0.15, 0.2) is 0 Å². The lowest BCUT2D eigenvalue weighted by Crippen LogP contribution is -2.48. The predicted molar refractivity (Wildman–Crippen MR) is 110 cm³/mol. The van der Waals surface area contributed by atoms with E-state index in [1.54, 1.807) is 23.1 Å². The van der Waals surface area contributed by atoms with Crippen LogP contribution >= 0.6 is 0 Å². The van der Waals surface area contributed by atoms with Crippen LogP contribution < -0.4 is 5.63 Å². The Balaban J connectivity index is 1.49. The summed E-state index contributed by atoms with van der Waals surface area (Å²) in [7, 11) is 0. The molecule has 6 heteroatoms. The molecule has 1 amide bonds. The Hall–Kier alpha value is -2.99. The van der Waals surface area contributed by atoms with Crippen LogP contribution in [0.25, 0.3) is 11.0 Å². The fourth-order valence-electron chi connectivity index (χ4n) is 3.77. The van der Waals surface area contributed by atoms with Crippen molar-refractivity contribution in [2.24, 2.45) is 0 Å². The molecule has 2 aromatic carbocycles. The van der Waals surface area contributed by atoms with Crippen molar-refractivity contribution in [1.29, 1.82) is 0 Å². The third-order valence-electron chi connectivity index (χ3n) is 5.60. The highest BCUT2D eigenvalue weighted by Crippen LogP contribution is 2.23. The van der Waals surface area contributed by atoms with Crippen molar-refractivity contribution >= 4 is 16.9 Å². The van der Waals surface area contributed by atoms with Crippen molar-refractivity contribution in [2.45, 2.75) is 20.4 Å². The van der Waals surface area contributed by atoms with Gasteiger partial charge in [-0.05, 0) is 54.8 Å². The number of amides is 1. The van der Waals surface area contributed by atoms with Gasteiger partial charge >= 0.3 is 5.63 Å². The fourth-order valence-corrected chi connectivity index (χ4v) is 3.77. The first-order valence-electron chi connectivity index (χ1n) is 9.72. The predicted octanol–water partition coefficient (Wildman–Crippen LogP) is 3.51. The van der Waals surface area contributed by atoms with Crippen LogP contribution in [0, 0.1) is 19.7 Å². The van der Waals surface area contributed by atoms with E-state index in [-0.39, 0.29) is 17.1 Å². The van der Waals surface area contributed by atoms with Gasteiger partial charge in [0.05, 0.1) is 5.56 Å². The first-order valence-corrected chi connectivity index (χ1v) is 9.72. The molecule has 0 unspecified atom stereocenters. The van der Waals surface area contributed by atoms with Gasteiger partial charge in [-0.2, -0.15) is 0 Å². The van der Waals surface area contributed by atoms with Crippen LogP contribution in [-0.4, -0.2) is 41.9 Å². The largest absolute Gasteiger partial charge is 0.423 e. The molecule has 29 heavy (non-hydrogen) atoms. The number of halogens is 1. The highest BCUT2D eigenvalue weighted by Gasteiger charge is 2.24. The lowest BCUT2D eigenvalue weighted by Gasteiger charge is -2.35. The van der Waals surface area contributed by atoms with Crippen LogP contribution in [0.5, 0.6) is 0 Å². The topological polar surface area (TPSA) is 53.8 Å². The van der Waals surface area contributed by atoms with Gasteiger partial charge in [-0.25, -0.2) is 9.18 Å². The van der Waals surface area contributed by atoms with E-state index in [0.29, 0.717) is 38.3 Å². The van der Waals surface area contributed by atoms with Crippen molar-refractivity contribution in [3.8, 4) is 0 Å². The quantitative estimate of drug-likeness (QED) is 0.638. The Morgan fingerprint density at radius 2 is 1.72 bits per heavy atom. The minimum Gasteiger partial charge on any atom is -0.423 e. The molecule has 2 heterocycles. The van der Waals surface area contributed by atoms with E-state index >= 15 is 0 Å². The Bertz CT molecular complexity index is 1130. The lowest BCUT2D eigenvalue weighted by atomic mass is 10.0. The number of aryl methyl sites for hydroxylation is 2. The Morgan fingerprint density at radius 3 is 2.45 bits per heavy atom. The summed E-state index contributed by atoms with van der Waals surface area (Å²) in [6, 6.07) is 11.6. The van der Waals surface area contributed by atoms with Gasteiger partial charge in [0.1, 0.15) is 11.4 Å². The number of nitrogens with zero attached hydrogens (tertiary/aromatic N) is 2. The van der Waals surface area contributed by atoms with Crippen LogP contribution in [0.3, 0.4) is 0 Å². The summed E-state index contributed by atoms with van der Waals surface area (Å²) in [5.41, 5.74) is 3.51. The van der Waals surface area contributed by atoms with E-state index in [9.17, 15) is 14.0 Å². The van der Waals surface area contributed by atoms with E-state index in [1.165, 1.54) is 12.1 Å². The maximum absolute atomic E-state index is 13.9. The highest BCUT2D eigenvalue weighted by molar-refractivity contribution is 5.94. The summed E-state index contributed by atoms with van der Waals surface area (Å²) in [6.45, 7) is 6.99. The van der Waals surface area contributed by atoms with Crippen LogP contribution in [0.1, 0.15) is 27.0 Å². The minimum atomic E-state index is -0.493. The molecule has 1 saturated heterocycles. The van der Waals surface area contributed by atoms with Crippen molar-refractivity contribution in [3.63, 3.8) is 0 Å². The summed E-state index contributed by atoms with van der Waals surface area (Å²) in [5.74, 6) is -0.771. The number of benzene rings is 2. The number of piperazine rings is 1. The van der Waals surface area contributed by atoms with Gasteiger partial charge < -0.3 is 9.32 Å². The van der Waals surface area contributed by atoms with E-state index in [1.807, 2.05) is 19.9 Å². The van der Waals surface area contributed by atoms with Crippen molar-refractivity contribution in [3.05, 3.63) is 81.0 Å². The van der Waals surface area contributed by atoms with Gasteiger partial charge in [-0.3, -0.25) is 9.69 Å². The molecular weight excluding hydrogens is 371 g/mol. The Labute approximate surface area is 168 Å². The van der Waals surface area contributed by atoms with Gasteiger partial charge in [-0.15, -0.1) is 0 Å². The first-order chi connectivity index (χ1) is 13.9. The maximum Gasteiger partial charge on any atom is 0.336 e. The molecule has 0 N–H and O–H groups in total. The highest BCUT2D eigenvalue weighted by atomic mass is 19.1. The molecule has 4 rings (SSSR count). The lowest BCUT2D eigenvalue weighted by molar-refractivity contribution is 0.0624. The summed E-state index contributed by atoms with van der Waals surface area (Å²) in [5, 5.41) is 0.942. The SMILES string of the molecule is Cc1cc2oc(=O)cc(CN3CCN(C(=O)c4ccccc4F)CC3)c2cc1C. The second kappa shape index (κ2) is 7.79. The third-order valence-corrected chi connectivity index (χ3v) is 5.60. The number of fused-ring (bicyclic) bond motifs is 1. The molecule has 1 aliphatic rings. The smallest absolute Gasteiger partial charge is 0.336 e. The molecular formula is C23H23FN2O3. The monoisotopic (exact) mass is 394 g/mol. The molecule has 3 aromatic rings. The standard InChI is InChI=1S/C23H23FN2O3/c1-15-11-19-17(13-22(27)29-21(19)12-16(15)2)14-25-7-9-26(10-8-25)23(28)18-5-3-4-6-20(18)24/h3-6,11-13H,7-10,14H2,1-2H3. The van der Waals surface area contributed by atoms with Gasteiger partial charge in [0.25, 0.3) is 5.91 Å². The molecule has 1 aromatic heterocycles. The zero-order valence-corrected chi connectivity index (χ0v) is 16.6. The molecule has 1 fully saturated rings. The molecule has 0 radical (unpaired) electrons. The van der Waals surface area contributed by atoms with Crippen LogP contribution in [0.4, 0.5) is 4.39 Å². The molecule has 0 saturated carbocycles. The van der Waals surface area contributed by atoms with E-state index < -0.39 is 5.82 Å². The normalized spacial score (nSPS) is 15.1. The van der Waals surface area contributed by atoms with Crippen molar-refractivity contribution < 1.29 is 13.6 Å². The second-order valence-corrected chi connectivity index (χ2v) is 7.57. The number of hydrogen-bond donors (Lipinski definition) is 0. The third kappa shape index (κ3) is 3.93. The van der Waals surface area contributed by atoms with Crippen LogP contribution in [0.15, 0.2) is 51.7 Å². The molecule has 0 atom stereocenters. The minimum absolute atomic E-state index is 0.110. The van der Waals surface area contributed by atoms with Crippen molar-refractivity contribution in [2.75, 3.05) is 26.2 Å². The number of carbonyl (C=O) groups excluding carboxylic acids is 1. The van der Waals surface area contributed by atoms with E-state index in [4.69, 9.17) is 4.42 Å². The van der Waals surface area contributed by atoms with Crippen LogP contribution in [0.2, 0.25) is 0 Å². The number of carbonyl (C=O) groups is 1. The Kier molecular flexibility index (Phi) is 5.20. The molecule has 5 nitrogen and oxygen atoms in total. The molecule has 0 bridgehead atoms. The first kappa shape index (κ1) is 19.3. The average molecular weight is 394 g/mol. The summed E-state index contributed by atoms with van der Waals surface area (Å²) in [4.78, 5) is 28.5. The average Bonchev–Trinajstić information content (AvgIpc) is 2.70. The van der Waals surface area contributed by atoms with Crippen molar-refractivity contribution in [1.82, 2.24) is 9.80 Å². The number of rotatable bonds is 3. The summed E-state index contributed by atoms with van der Waals surface area (Å²) in [6.07, 6.45) is 0. The van der Waals surface area contributed by atoms with Gasteiger partial charge in [-0.1, -0.05) is 12.1 Å². The van der Waals surface area contributed by atoms with Crippen LogP contribution in [-0.2, 0) is 6.54 Å². The van der Waals surface area contributed by atoms with Gasteiger partial charge in [0, 0.05) is 44.2 Å². The zero-order chi connectivity index (χ0) is 20.5. The molecule has 150 valence electrons. The Morgan fingerprint density at radius 1 is 1.03 bits per heavy atom. The molecule has 0 spiro atoms. The fraction of sp³-hybridized carbons (Fsp3) is 0.304. The number of hydrogen-bond acceptors (Lipinski definition) is 4. The summed E-state index contributed by atoms with van der Waals surface area (Å²) >= 11 is 0. The maximum atomic E-state index is 13.9. The van der Waals surface area contributed by atoms with E-state index in [2.05, 4.69) is 11.0 Å². The van der Waals surface area contributed by atoms with E-state index in [0.717, 1.165) is 22.1 Å². The zero-order valence-electron chi connectivity index (χ0n) is 16.6. The molecule has 0 aliphatic carbocycles.